The van der Waals surface area contributed by atoms with E-state index in [2.05, 4.69) is 39.7 Å². The zero-order valence-electron chi connectivity index (χ0n) is 10.3. The summed E-state index contributed by atoms with van der Waals surface area (Å²) >= 11 is 3.44. The van der Waals surface area contributed by atoms with Crippen molar-refractivity contribution in [2.45, 2.75) is 18.3 Å². The van der Waals surface area contributed by atoms with Crippen LogP contribution in [0.1, 0.15) is 12.5 Å². The largest absolute Gasteiger partial charge is 0.366 e. The van der Waals surface area contributed by atoms with Crippen LogP contribution in [-0.2, 0) is 5.33 Å². The summed E-state index contributed by atoms with van der Waals surface area (Å²) in [4.78, 5) is 4.70. The fourth-order valence-electron chi connectivity index (χ4n) is 2.44. The van der Waals surface area contributed by atoms with Gasteiger partial charge in [-0.2, -0.15) is 0 Å². The van der Waals surface area contributed by atoms with Gasteiger partial charge in [-0.25, -0.2) is 4.39 Å². The van der Waals surface area contributed by atoms with E-state index in [-0.39, 0.29) is 5.82 Å². The monoisotopic (exact) mass is 300 g/mol. The van der Waals surface area contributed by atoms with E-state index in [4.69, 9.17) is 0 Å². The van der Waals surface area contributed by atoms with Crippen molar-refractivity contribution in [2.75, 3.05) is 31.6 Å². The fourth-order valence-corrected chi connectivity index (χ4v) is 2.89. The van der Waals surface area contributed by atoms with Crippen molar-refractivity contribution >= 4 is 21.6 Å². The highest BCUT2D eigenvalue weighted by molar-refractivity contribution is 9.08. The minimum Gasteiger partial charge on any atom is -0.366 e. The summed E-state index contributed by atoms with van der Waals surface area (Å²) in [6, 6.07) is 5.53. The summed E-state index contributed by atoms with van der Waals surface area (Å²) in [5.74, 6) is -0.162. The maximum atomic E-state index is 13.2. The Morgan fingerprint density at radius 1 is 1.41 bits per heavy atom. The van der Waals surface area contributed by atoms with Gasteiger partial charge in [-0.15, -0.1) is 0 Å². The number of alkyl halides is 1. The van der Waals surface area contributed by atoms with Gasteiger partial charge in [0.1, 0.15) is 5.82 Å². The molecule has 1 aliphatic heterocycles. The summed E-state index contributed by atoms with van der Waals surface area (Å²) < 4.78 is 13.2. The Balaban J connectivity index is 2.27. The zero-order valence-corrected chi connectivity index (χ0v) is 11.9. The Morgan fingerprint density at radius 2 is 2.18 bits per heavy atom. The van der Waals surface area contributed by atoms with E-state index in [1.807, 2.05) is 6.07 Å². The molecule has 1 aromatic rings. The highest BCUT2D eigenvalue weighted by atomic mass is 79.9. The molecule has 1 aliphatic rings. The molecule has 17 heavy (non-hydrogen) atoms. The van der Waals surface area contributed by atoms with Crippen LogP contribution in [0.25, 0.3) is 0 Å². The normalized spacial score (nSPS) is 21.9. The summed E-state index contributed by atoms with van der Waals surface area (Å²) in [6.07, 6.45) is 0. The van der Waals surface area contributed by atoms with Gasteiger partial charge in [-0.3, -0.25) is 0 Å². The number of anilines is 1. The van der Waals surface area contributed by atoms with Crippen molar-refractivity contribution in [3.63, 3.8) is 0 Å². The van der Waals surface area contributed by atoms with Crippen molar-refractivity contribution in [3.8, 4) is 0 Å². The van der Waals surface area contributed by atoms with Crippen LogP contribution < -0.4 is 4.90 Å². The first-order chi connectivity index (χ1) is 8.11. The Hall–Kier alpha value is -0.610. The molecule has 0 aromatic heterocycles. The predicted octanol–water partition coefficient (Wildman–Crippen LogP) is 2.86. The molecule has 0 aliphatic carbocycles. The third-order valence-electron chi connectivity index (χ3n) is 3.33. The Labute approximate surface area is 111 Å². The molecule has 0 radical (unpaired) electrons. The summed E-state index contributed by atoms with van der Waals surface area (Å²) in [5, 5.41) is 0.694. The first-order valence-electron chi connectivity index (χ1n) is 5.91. The van der Waals surface area contributed by atoms with E-state index >= 15 is 0 Å². The molecule has 2 nitrogen and oxygen atoms in total. The van der Waals surface area contributed by atoms with Gasteiger partial charge < -0.3 is 9.80 Å². The van der Waals surface area contributed by atoms with Crippen molar-refractivity contribution in [2.24, 2.45) is 0 Å². The van der Waals surface area contributed by atoms with Crippen LogP contribution >= 0.6 is 15.9 Å². The highest BCUT2D eigenvalue weighted by Gasteiger charge is 2.23. The van der Waals surface area contributed by atoms with Gasteiger partial charge in [0.2, 0.25) is 0 Å². The van der Waals surface area contributed by atoms with Crippen LogP contribution in [0.15, 0.2) is 18.2 Å². The number of nitrogens with zero attached hydrogens (tertiary/aromatic N) is 2. The Morgan fingerprint density at radius 3 is 2.82 bits per heavy atom. The van der Waals surface area contributed by atoms with Crippen molar-refractivity contribution in [1.29, 1.82) is 0 Å². The minimum absolute atomic E-state index is 0.162. The molecular weight excluding hydrogens is 283 g/mol. The number of likely N-dealkylation sites (N-methyl/N-ethyl adjacent to an activating group) is 1. The second-order valence-corrected chi connectivity index (χ2v) is 5.27. The van der Waals surface area contributed by atoms with E-state index < -0.39 is 0 Å². The molecule has 1 unspecified atom stereocenters. The molecule has 1 atom stereocenters. The van der Waals surface area contributed by atoms with Crippen molar-refractivity contribution in [1.82, 2.24) is 4.90 Å². The van der Waals surface area contributed by atoms with Crippen LogP contribution in [-0.4, -0.2) is 37.6 Å². The number of rotatable bonds is 2. The SMILES string of the molecule is CC1CN(C)CCN1c1ccc(F)cc1CBr. The second kappa shape index (κ2) is 5.36. The number of hydrogen-bond donors (Lipinski definition) is 0. The lowest BCUT2D eigenvalue weighted by Gasteiger charge is -2.40. The van der Waals surface area contributed by atoms with Crippen LogP contribution in [0.3, 0.4) is 0 Å². The van der Waals surface area contributed by atoms with Gasteiger partial charge in [0.15, 0.2) is 0 Å². The number of hydrogen-bond acceptors (Lipinski definition) is 2. The second-order valence-electron chi connectivity index (χ2n) is 4.71. The Bertz CT molecular complexity index is 397. The molecule has 1 saturated heterocycles. The number of halogens is 2. The number of benzene rings is 1. The van der Waals surface area contributed by atoms with Gasteiger partial charge in [0, 0.05) is 36.7 Å². The summed E-state index contributed by atoms with van der Waals surface area (Å²) in [6.45, 7) is 5.34. The maximum absolute atomic E-state index is 13.2. The first-order valence-corrected chi connectivity index (χ1v) is 7.03. The zero-order chi connectivity index (χ0) is 12.4. The third-order valence-corrected chi connectivity index (χ3v) is 3.93. The quantitative estimate of drug-likeness (QED) is 0.775. The lowest BCUT2D eigenvalue weighted by molar-refractivity contribution is 0.275. The standard InChI is InChI=1S/C13H18BrFN2/c1-10-9-16(2)5-6-17(10)13-4-3-12(15)7-11(13)8-14/h3-4,7,10H,5-6,8-9H2,1-2H3. The van der Waals surface area contributed by atoms with Crippen LogP contribution in [0.5, 0.6) is 0 Å². The van der Waals surface area contributed by atoms with E-state index in [9.17, 15) is 4.39 Å². The average molecular weight is 301 g/mol. The average Bonchev–Trinajstić information content (AvgIpc) is 2.30. The summed E-state index contributed by atoms with van der Waals surface area (Å²) in [5.41, 5.74) is 2.19. The molecule has 2 rings (SSSR count). The lowest BCUT2D eigenvalue weighted by atomic mass is 10.1. The first kappa shape index (κ1) is 12.8. The highest BCUT2D eigenvalue weighted by Crippen LogP contribution is 2.27. The molecule has 0 spiro atoms. The van der Waals surface area contributed by atoms with Crippen molar-refractivity contribution < 1.29 is 4.39 Å². The molecule has 1 aromatic carbocycles. The van der Waals surface area contributed by atoms with Gasteiger partial charge in [-0.1, -0.05) is 15.9 Å². The predicted molar refractivity (Wildman–Crippen MR) is 73.3 cm³/mol. The molecule has 0 N–H and O–H groups in total. The smallest absolute Gasteiger partial charge is 0.123 e. The van der Waals surface area contributed by atoms with Gasteiger partial charge in [-0.05, 0) is 37.7 Å². The molecular formula is C13H18BrFN2. The van der Waals surface area contributed by atoms with Gasteiger partial charge in [0.05, 0.1) is 0 Å². The van der Waals surface area contributed by atoms with E-state index in [0.29, 0.717) is 11.4 Å². The van der Waals surface area contributed by atoms with Gasteiger partial charge >= 0.3 is 0 Å². The van der Waals surface area contributed by atoms with Gasteiger partial charge in [0.25, 0.3) is 0 Å². The topological polar surface area (TPSA) is 6.48 Å². The number of piperazine rings is 1. The molecule has 4 heteroatoms. The van der Waals surface area contributed by atoms with Crippen molar-refractivity contribution in [3.05, 3.63) is 29.6 Å². The Kier molecular flexibility index (Phi) is 4.05. The third kappa shape index (κ3) is 2.80. The van der Waals surface area contributed by atoms with E-state index in [1.165, 1.54) is 0 Å². The van der Waals surface area contributed by atoms with Crippen LogP contribution in [0.4, 0.5) is 10.1 Å². The molecule has 94 valence electrons. The molecule has 0 saturated carbocycles. The maximum Gasteiger partial charge on any atom is 0.123 e. The lowest BCUT2D eigenvalue weighted by Crippen LogP contribution is -2.50. The summed E-state index contributed by atoms with van der Waals surface area (Å²) in [7, 11) is 2.14. The molecule has 1 fully saturated rings. The van der Waals surface area contributed by atoms with Crippen LogP contribution in [0.2, 0.25) is 0 Å². The van der Waals surface area contributed by atoms with E-state index in [1.54, 1.807) is 12.1 Å². The molecule has 1 heterocycles. The minimum atomic E-state index is -0.162. The van der Waals surface area contributed by atoms with Crippen LogP contribution in [0, 0.1) is 5.82 Å². The van der Waals surface area contributed by atoms with E-state index in [0.717, 1.165) is 30.9 Å². The molecule has 0 amide bonds. The fraction of sp³-hybridized carbons (Fsp3) is 0.538. The molecule has 0 bridgehead atoms.